The van der Waals surface area contributed by atoms with Gasteiger partial charge in [-0.15, -0.1) is 0 Å². The highest BCUT2D eigenvalue weighted by atomic mass is 32.2. The fraction of sp³-hybridized carbons (Fsp3) is 0.174. The standard InChI is InChI=1S/C23H22F2N2O4S/c1-32(29,30)27(19-11-12-21(24)22(25)15-19)16-17-7-9-18(10-8-17)23(28)26-13-14-31-20-5-3-2-4-6-20/h2-12,15H,13-14,16H2,1H3,(H,26,28). The van der Waals surface area contributed by atoms with Gasteiger partial charge in [0.1, 0.15) is 12.4 Å². The molecule has 0 aliphatic heterocycles. The van der Waals surface area contributed by atoms with Crippen LogP contribution >= 0.6 is 0 Å². The lowest BCUT2D eigenvalue weighted by Gasteiger charge is -2.22. The number of amides is 1. The highest BCUT2D eigenvalue weighted by molar-refractivity contribution is 7.92. The molecule has 0 spiro atoms. The lowest BCUT2D eigenvalue weighted by Crippen LogP contribution is -2.30. The van der Waals surface area contributed by atoms with Gasteiger partial charge in [0.25, 0.3) is 5.91 Å². The number of anilines is 1. The summed E-state index contributed by atoms with van der Waals surface area (Å²) < 4.78 is 57.7. The number of carbonyl (C=O) groups is 1. The van der Waals surface area contributed by atoms with Gasteiger partial charge in [0.15, 0.2) is 11.6 Å². The first-order chi connectivity index (χ1) is 15.2. The van der Waals surface area contributed by atoms with Crippen molar-refractivity contribution in [1.29, 1.82) is 0 Å². The minimum Gasteiger partial charge on any atom is -0.492 e. The van der Waals surface area contributed by atoms with Crippen LogP contribution in [-0.4, -0.2) is 33.7 Å². The Morgan fingerprint density at radius 1 is 0.969 bits per heavy atom. The molecular formula is C23H22F2N2O4S. The monoisotopic (exact) mass is 460 g/mol. The quantitative estimate of drug-likeness (QED) is 0.494. The maximum absolute atomic E-state index is 13.6. The Kier molecular flexibility index (Phi) is 7.42. The summed E-state index contributed by atoms with van der Waals surface area (Å²) in [7, 11) is -3.76. The van der Waals surface area contributed by atoms with Crippen molar-refractivity contribution in [3.63, 3.8) is 0 Å². The van der Waals surface area contributed by atoms with Crippen LogP contribution in [0.15, 0.2) is 72.8 Å². The summed E-state index contributed by atoms with van der Waals surface area (Å²) in [5, 5.41) is 2.74. The molecule has 0 saturated heterocycles. The zero-order valence-corrected chi connectivity index (χ0v) is 18.1. The molecule has 0 radical (unpaired) electrons. The molecule has 168 valence electrons. The van der Waals surface area contributed by atoms with Crippen molar-refractivity contribution in [1.82, 2.24) is 5.32 Å². The lowest BCUT2D eigenvalue weighted by atomic mass is 10.1. The molecule has 0 unspecified atom stereocenters. The number of hydrogen-bond acceptors (Lipinski definition) is 4. The summed E-state index contributed by atoms with van der Waals surface area (Å²) in [6, 6.07) is 18.5. The summed E-state index contributed by atoms with van der Waals surface area (Å²) in [5.41, 5.74) is 0.975. The fourth-order valence-corrected chi connectivity index (χ4v) is 3.80. The van der Waals surface area contributed by atoms with E-state index in [2.05, 4.69) is 5.32 Å². The van der Waals surface area contributed by atoms with Crippen LogP contribution in [0, 0.1) is 11.6 Å². The number of hydrogen-bond donors (Lipinski definition) is 1. The van der Waals surface area contributed by atoms with Gasteiger partial charge in [0.05, 0.1) is 25.0 Å². The summed E-state index contributed by atoms with van der Waals surface area (Å²) in [5.74, 6) is -1.79. The Labute approximate surface area is 185 Å². The molecule has 3 rings (SSSR count). The average molecular weight is 461 g/mol. The molecule has 0 saturated carbocycles. The Balaban J connectivity index is 1.60. The predicted molar refractivity (Wildman–Crippen MR) is 118 cm³/mol. The highest BCUT2D eigenvalue weighted by Gasteiger charge is 2.19. The Hall–Kier alpha value is -3.46. The number of sulfonamides is 1. The number of carbonyl (C=O) groups excluding carboxylic acids is 1. The number of nitrogens with zero attached hydrogens (tertiary/aromatic N) is 1. The fourth-order valence-electron chi connectivity index (χ4n) is 2.92. The normalized spacial score (nSPS) is 11.1. The summed E-state index contributed by atoms with van der Waals surface area (Å²) >= 11 is 0. The Bertz CT molecular complexity index is 1170. The molecule has 1 amide bonds. The summed E-state index contributed by atoms with van der Waals surface area (Å²) in [6.45, 7) is 0.523. The Morgan fingerprint density at radius 3 is 2.28 bits per heavy atom. The van der Waals surface area contributed by atoms with Crippen LogP contribution < -0.4 is 14.4 Å². The van der Waals surface area contributed by atoms with Crippen LogP contribution in [0.4, 0.5) is 14.5 Å². The van der Waals surface area contributed by atoms with Gasteiger partial charge in [-0.2, -0.15) is 0 Å². The second kappa shape index (κ2) is 10.2. The van der Waals surface area contributed by atoms with Gasteiger partial charge in [0, 0.05) is 11.6 Å². The third-order valence-corrected chi connectivity index (χ3v) is 5.67. The number of rotatable bonds is 9. The van der Waals surface area contributed by atoms with Gasteiger partial charge in [-0.25, -0.2) is 17.2 Å². The smallest absolute Gasteiger partial charge is 0.251 e. The first-order valence-electron chi connectivity index (χ1n) is 9.72. The lowest BCUT2D eigenvalue weighted by molar-refractivity contribution is 0.0947. The van der Waals surface area contributed by atoms with Gasteiger partial charge in [-0.1, -0.05) is 30.3 Å². The molecule has 0 atom stereocenters. The van der Waals surface area contributed by atoms with E-state index in [1.807, 2.05) is 30.3 Å². The maximum Gasteiger partial charge on any atom is 0.251 e. The molecule has 3 aromatic carbocycles. The molecule has 0 aliphatic rings. The van der Waals surface area contributed by atoms with E-state index in [-0.39, 0.29) is 18.1 Å². The van der Waals surface area contributed by atoms with E-state index >= 15 is 0 Å². The first-order valence-corrected chi connectivity index (χ1v) is 11.6. The van der Waals surface area contributed by atoms with E-state index in [9.17, 15) is 22.0 Å². The van der Waals surface area contributed by atoms with Crippen LogP contribution in [-0.2, 0) is 16.6 Å². The highest BCUT2D eigenvalue weighted by Crippen LogP contribution is 2.23. The van der Waals surface area contributed by atoms with Crippen LogP contribution in [0.1, 0.15) is 15.9 Å². The largest absolute Gasteiger partial charge is 0.492 e. The van der Waals surface area contributed by atoms with Crippen LogP contribution in [0.5, 0.6) is 5.75 Å². The van der Waals surface area contributed by atoms with Crippen LogP contribution in [0.25, 0.3) is 0 Å². The summed E-state index contributed by atoms with van der Waals surface area (Å²) in [4.78, 5) is 12.3. The van der Waals surface area contributed by atoms with E-state index in [1.54, 1.807) is 24.3 Å². The Morgan fingerprint density at radius 2 is 1.66 bits per heavy atom. The molecule has 1 N–H and O–H groups in total. The predicted octanol–water partition coefficient (Wildman–Crippen LogP) is 3.74. The molecule has 32 heavy (non-hydrogen) atoms. The number of benzene rings is 3. The van der Waals surface area contributed by atoms with Crippen LogP contribution in [0.3, 0.4) is 0 Å². The number of ether oxygens (including phenoxy) is 1. The second-order valence-corrected chi connectivity index (χ2v) is 8.89. The van der Waals surface area contributed by atoms with Crippen molar-refractivity contribution in [2.24, 2.45) is 0 Å². The molecule has 3 aromatic rings. The molecule has 9 heteroatoms. The minimum atomic E-state index is -3.76. The van der Waals surface area contributed by atoms with E-state index in [0.29, 0.717) is 30.0 Å². The third-order valence-electron chi connectivity index (χ3n) is 4.53. The zero-order chi connectivity index (χ0) is 23.1. The number of nitrogens with one attached hydrogen (secondary N) is 1. The molecule has 0 fully saturated rings. The number of para-hydroxylation sites is 1. The molecule has 0 aromatic heterocycles. The molecule has 0 aliphatic carbocycles. The van der Waals surface area contributed by atoms with E-state index in [1.165, 1.54) is 6.07 Å². The molecular weight excluding hydrogens is 438 g/mol. The van der Waals surface area contributed by atoms with E-state index < -0.39 is 21.7 Å². The van der Waals surface area contributed by atoms with Gasteiger partial charge >= 0.3 is 0 Å². The van der Waals surface area contributed by atoms with Crippen LogP contribution in [0.2, 0.25) is 0 Å². The zero-order valence-electron chi connectivity index (χ0n) is 17.3. The average Bonchev–Trinajstić information content (AvgIpc) is 2.77. The molecule has 0 heterocycles. The van der Waals surface area contributed by atoms with Gasteiger partial charge < -0.3 is 10.1 Å². The van der Waals surface area contributed by atoms with Crippen molar-refractivity contribution in [2.45, 2.75) is 6.54 Å². The van der Waals surface area contributed by atoms with Crippen molar-refractivity contribution in [3.8, 4) is 5.75 Å². The maximum atomic E-state index is 13.6. The molecule has 0 bridgehead atoms. The van der Waals surface area contributed by atoms with E-state index in [0.717, 1.165) is 22.7 Å². The first kappa shape index (κ1) is 23.2. The summed E-state index contributed by atoms with van der Waals surface area (Å²) in [6.07, 6.45) is 0.980. The van der Waals surface area contributed by atoms with Gasteiger partial charge in [0.2, 0.25) is 10.0 Å². The topological polar surface area (TPSA) is 75.7 Å². The van der Waals surface area contributed by atoms with Crippen molar-refractivity contribution in [2.75, 3.05) is 23.7 Å². The number of halogens is 2. The van der Waals surface area contributed by atoms with Crippen molar-refractivity contribution < 1.29 is 26.7 Å². The molecule has 6 nitrogen and oxygen atoms in total. The van der Waals surface area contributed by atoms with Gasteiger partial charge in [-0.3, -0.25) is 9.10 Å². The minimum absolute atomic E-state index is 0.00614. The van der Waals surface area contributed by atoms with E-state index in [4.69, 9.17) is 4.74 Å². The SMILES string of the molecule is CS(=O)(=O)N(Cc1ccc(C(=O)NCCOc2ccccc2)cc1)c1ccc(F)c(F)c1. The van der Waals surface area contributed by atoms with Gasteiger partial charge in [-0.05, 0) is 42.0 Å². The van der Waals surface area contributed by atoms with Crippen molar-refractivity contribution in [3.05, 3.63) is 95.6 Å². The van der Waals surface area contributed by atoms with Crippen molar-refractivity contribution >= 4 is 21.6 Å². The third kappa shape index (κ3) is 6.27. The second-order valence-electron chi connectivity index (χ2n) is 6.98.